The molecule has 0 aliphatic carbocycles. The Hall–Kier alpha value is -0.873. The van der Waals surface area contributed by atoms with E-state index >= 15 is 0 Å². The third-order valence-corrected chi connectivity index (χ3v) is 10.00. The van der Waals surface area contributed by atoms with Crippen LogP contribution in [0.1, 0.15) is 41.5 Å². The summed E-state index contributed by atoms with van der Waals surface area (Å²) in [6.45, 7) is 17.2. The van der Waals surface area contributed by atoms with Gasteiger partial charge < -0.3 is 9.16 Å². The van der Waals surface area contributed by atoms with Crippen LogP contribution in [0.4, 0.5) is 0 Å². The van der Waals surface area contributed by atoms with Crippen molar-refractivity contribution in [3.63, 3.8) is 0 Å². The van der Waals surface area contributed by atoms with E-state index in [1.54, 1.807) is 12.2 Å². The fraction of sp³-hybridized carbons (Fsp3) is 0.688. The monoisotopic (exact) mass is 298 g/mol. The number of ether oxygens (including phenoxy) is 1. The predicted octanol–water partition coefficient (Wildman–Crippen LogP) is 4.46. The van der Waals surface area contributed by atoms with Gasteiger partial charge in [-0.1, -0.05) is 47.6 Å². The van der Waals surface area contributed by atoms with Gasteiger partial charge in [0.25, 0.3) is 0 Å². The van der Waals surface area contributed by atoms with Gasteiger partial charge in [-0.2, -0.15) is 0 Å². The molecule has 0 spiro atoms. The van der Waals surface area contributed by atoms with E-state index in [-0.39, 0.29) is 12.1 Å². The number of hydrogen-bond donors (Lipinski definition) is 0. The zero-order chi connectivity index (χ0) is 15.9. The number of carbonyl (C=O) groups is 1. The molecule has 0 bridgehead atoms. The summed E-state index contributed by atoms with van der Waals surface area (Å²) in [5, 5.41) is 0. The van der Waals surface area contributed by atoms with Crippen molar-refractivity contribution in [2.45, 2.75) is 64.3 Å². The van der Waals surface area contributed by atoms with Crippen molar-refractivity contribution < 1.29 is 14.0 Å². The highest BCUT2D eigenvalue weighted by atomic mass is 28.4. The second-order valence-corrected chi connectivity index (χ2v) is 11.4. The topological polar surface area (TPSA) is 35.5 Å². The molecule has 4 heteroatoms. The molecule has 20 heavy (non-hydrogen) atoms. The lowest BCUT2D eigenvalue weighted by Crippen LogP contribution is -2.49. The molecule has 0 radical (unpaired) electrons. The number of esters is 1. The van der Waals surface area contributed by atoms with Crippen molar-refractivity contribution in [3.05, 3.63) is 24.8 Å². The molecule has 116 valence electrons. The molecule has 0 aliphatic heterocycles. The van der Waals surface area contributed by atoms with Crippen LogP contribution in [0.3, 0.4) is 0 Å². The first-order valence-corrected chi connectivity index (χ1v) is 9.42. The van der Waals surface area contributed by atoms with Gasteiger partial charge in [0.05, 0.1) is 13.2 Å². The van der Waals surface area contributed by atoms with Crippen LogP contribution in [0.15, 0.2) is 24.8 Å². The van der Waals surface area contributed by atoms with Crippen LogP contribution in [0.25, 0.3) is 0 Å². The van der Waals surface area contributed by atoms with E-state index in [4.69, 9.17) is 4.43 Å². The average Bonchev–Trinajstić information content (AvgIpc) is 2.37. The van der Waals surface area contributed by atoms with Crippen molar-refractivity contribution >= 4 is 14.3 Å². The fourth-order valence-corrected chi connectivity index (χ4v) is 8.51. The Balaban J connectivity index is 5.27. The second-order valence-electron chi connectivity index (χ2n) is 6.02. The molecule has 3 nitrogen and oxygen atoms in total. The first-order valence-electron chi connectivity index (χ1n) is 7.28. The molecule has 0 aromatic carbocycles. The predicted molar refractivity (Wildman–Crippen MR) is 87.3 cm³/mol. The lowest BCUT2D eigenvalue weighted by Gasteiger charge is -2.43. The van der Waals surface area contributed by atoms with E-state index < -0.39 is 8.32 Å². The minimum absolute atomic E-state index is 0.243. The highest BCUT2D eigenvalue weighted by molar-refractivity contribution is 6.77. The summed E-state index contributed by atoms with van der Waals surface area (Å²) in [6.07, 6.45) is 4.64. The van der Waals surface area contributed by atoms with Gasteiger partial charge in [-0.05, 0) is 22.7 Å². The van der Waals surface area contributed by atoms with Gasteiger partial charge in [-0.15, -0.1) is 6.58 Å². The second kappa shape index (κ2) is 8.42. The number of carbonyl (C=O) groups excluding carboxylic acids is 1. The van der Waals surface area contributed by atoms with E-state index in [1.165, 1.54) is 13.2 Å². The quantitative estimate of drug-likeness (QED) is 0.287. The molecule has 0 saturated carbocycles. The van der Waals surface area contributed by atoms with Crippen LogP contribution in [-0.2, 0) is 14.0 Å². The Morgan fingerprint density at radius 1 is 1.05 bits per heavy atom. The van der Waals surface area contributed by atoms with Gasteiger partial charge in [0, 0.05) is 6.08 Å². The van der Waals surface area contributed by atoms with Gasteiger partial charge in [-0.3, -0.25) is 0 Å². The van der Waals surface area contributed by atoms with Gasteiger partial charge in [-0.25, -0.2) is 4.79 Å². The maximum absolute atomic E-state index is 11.2. The van der Waals surface area contributed by atoms with Crippen LogP contribution in [0.5, 0.6) is 0 Å². The minimum atomic E-state index is -1.97. The largest absolute Gasteiger partial charge is 0.466 e. The Kier molecular flexibility index (Phi) is 8.05. The van der Waals surface area contributed by atoms with Gasteiger partial charge in [0.15, 0.2) is 0 Å². The smallest absolute Gasteiger partial charge is 0.330 e. The van der Waals surface area contributed by atoms with E-state index in [2.05, 4.69) is 52.9 Å². The van der Waals surface area contributed by atoms with Crippen molar-refractivity contribution in [2.24, 2.45) is 0 Å². The first-order chi connectivity index (χ1) is 9.22. The molecule has 0 rings (SSSR count). The highest BCUT2D eigenvalue weighted by Gasteiger charge is 2.45. The lowest BCUT2D eigenvalue weighted by atomic mass is 10.3. The molecule has 0 aromatic heterocycles. The zero-order valence-corrected chi connectivity index (χ0v) is 15.0. The van der Waals surface area contributed by atoms with E-state index in [1.807, 2.05) is 0 Å². The summed E-state index contributed by atoms with van der Waals surface area (Å²) in [6, 6.07) is 0. The maximum Gasteiger partial charge on any atom is 0.330 e. The van der Waals surface area contributed by atoms with Gasteiger partial charge >= 0.3 is 5.97 Å². The van der Waals surface area contributed by atoms with Crippen LogP contribution in [0.2, 0.25) is 16.6 Å². The maximum atomic E-state index is 11.2. The molecule has 0 aromatic rings. The molecule has 0 heterocycles. The number of methoxy groups -OCH3 is 1. The molecule has 1 atom stereocenters. The minimum Gasteiger partial charge on any atom is -0.466 e. The highest BCUT2D eigenvalue weighted by Crippen LogP contribution is 2.43. The number of hydrogen-bond acceptors (Lipinski definition) is 3. The molecule has 0 fully saturated rings. The summed E-state index contributed by atoms with van der Waals surface area (Å²) in [5.41, 5.74) is 1.49. The normalized spacial score (nSPS) is 14.3. The van der Waals surface area contributed by atoms with Crippen molar-refractivity contribution in [1.29, 1.82) is 0 Å². The summed E-state index contributed by atoms with van der Waals surface area (Å²) in [5.74, 6) is -0.369. The average molecular weight is 298 g/mol. The summed E-state index contributed by atoms with van der Waals surface area (Å²) in [4.78, 5) is 11.2. The van der Waals surface area contributed by atoms with Crippen LogP contribution < -0.4 is 0 Å². The lowest BCUT2D eigenvalue weighted by molar-refractivity contribution is -0.134. The molecular formula is C16H30O3Si. The molecular weight excluding hydrogens is 268 g/mol. The fourth-order valence-electron chi connectivity index (χ4n) is 3.05. The van der Waals surface area contributed by atoms with Crippen molar-refractivity contribution in [2.75, 3.05) is 7.11 Å². The summed E-state index contributed by atoms with van der Waals surface area (Å²) < 4.78 is 11.1. The molecule has 1 unspecified atom stereocenters. The summed E-state index contributed by atoms with van der Waals surface area (Å²) in [7, 11) is -0.602. The molecule has 0 amide bonds. The van der Waals surface area contributed by atoms with Crippen molar-refractivity contribution in [3.8, 4) is 0 Å². The third-order valence-electron chi connectivity index (χ3n) is 3.90. The van der Waals surface area contributed by atoms with E-state index in [0.717, 1.165) is 0 Å². The third kappa shape index (κ3) is 4.60. The van der Waals surface area contributed by atoms with Crippen LogP contribution in [0, 0.1) is 0 Å². The Morgan fingerprint density at radius 3 is 1.80 bits per heavy atom. The molecule has 0 saturated heterocycles. The van der Waals surface area contributed by atoms with Crippen molar-refractivity contribution in [1.82, 2.24) is 0 Å². The van der Waals surface area contributed by atoms with Crippen LogP contribution in [-0.4, -0.2) is 27.5 Å². The Labute approximate surface area is 125 Å². The van der Waals surface area contributed by atoms with E-state index in [9.17, 15) is 4.79 Å². The molecule has 0 N–H and O–H groups in total. The first kappa shape index (κ1) is 19.1. The number of rotatable bonds is 8. The van der Waals surface area contributed by atoms with Gasteiger partial charge in [0.1, 0.15) is 0 Å². The Morgan fingerprint density at radius 2 is 1.50 bits per heavy atom. The van der Waals surface area contributed by atoms with Gasteiger partial charge in [0.2, 0.25) is 8.32 Å². The summed E-state index contributed by atoms with van der Waals surface area (Å²) >= 11 is 0. The zero-order valence-electron chi connectivity index (χ0n) is 14.0. The molecule has 0 aliphatic rings. The SMILES string of the molecule is C=CC(/C=C/C(=O)OC)O[Si](C(C)C)(C(C)C)C(C)C. The van der Waals surface area contributed by atoms with E-state index in [0.29, 0.717) is 16.6 Å². The standard InChI is InChI=1S/C16H30O3Si/c1-9-15(10-11-16(17)18-8)19-20(12(2)3,13(4)5)14(6)7/h9-15H,1H2,2-8H3/b11-10+. The van der Waals surface area contributed by atoms with Crippen LogP contribution >= 0.6 is 0 Å². The Bertz CT molecular complexity index is 324.